The van der Waals surface area contributed by atoms with E-state index in [-0.39, 0.29) is 12.2 Å². The summed E-state index contributed by atoms with van der Waals surface area (Å²) >= 11 is 0. The monoisotopic (exact) mass is 365 g/mol. The van der Waals surface area contributed by atoms with Crippen LogP contribution in [0.2, 0.25) is 0 Å². The number of methoxy groups -OCH3 is 1. The van der Waals surface area contributed by atoms with Gasteiger partial charge in [-0.05, 0) is 28.8 Å². The molecule has 134 valence electrons. The summed E-state index contributed by atoms with van der Waals surface area (Å²) in [6.07, 6.45) is -0.528. The van der Waals surface area contributed by atoms with Crippen molar-refractivity contribution in [2.24, 2.45) is 5.73 Å². The third-order valence-corrected chi connectivity index (χ3v) is 4.44. The van der Waals surface area contributed by atoms with E-state index in [2.05, 4.69) is 0 Å². The fraction of sp³-hybridized carbons (Fsp3) is 0.235. The van der Waals surface area contributed by atoms with Crippen molar-refractivity contribution in [3.8, 4) is 16.9 Å². The van der Waals surface area contributed by atoms with Crippen LogP contribution in [0.1, 0.15) is 11.1 Å². The zero-order valence-corrected chi connectivity index (χ0v) is 14.5. The second kappa shape index (κ2) is 7.80. The minimum absolute atomic E-state index is 0.0205. The van der Waals surface area contributed by atoms with Crippen molar-refractivity contribution in [2.75, 3.05) is 7.11 Å². The molecule has 0 amide bonds. The lowest BCUT2D eigenvalue weighted by Gasteiger charge is -2.18. The molecule has 0 aliphatic carbocycles. The fourth-order valence-corrected chi connectivity index (χ4v) is 3.31. The topological polar surface area (TPSA) is 130 Å². The molecule has 0 heterocycles. The lowest BCUT2D eigenvalue weighted by molar-refractivity contribution is -0.138. The van der Waals surface area contributed by atoms with Gasteiger partial charge in [0.25, 0.3) is 0 Å². The van der Waals surface area contributed by atoms with Crippen LogP contribution < -0.4 is 10.5 Å². The molecule has 0 bridgehead atoms. The van der Waals surface area contributed by atoms with Crippen LogP contribution in [0.4, 0.5) is 0 Å². The van der Waals surface area contributed by atoms with Crippen molar-refractivity contribution in [3.05, 3.63) is 53.6 Å². The second-order valence-electron chi connectivity index (χ2n) is 5.67. The summed E-state index contributed by atoms with van der Waals surface area (Å²) < 4.78 is 16.8. The Balaban J connectivity index is 2.60. The van der Waals surface area contributed by atoms with Crippen LogP contribution in [0.15, 0.2) is 42.5 Å². The molecule has 25 heavy (non-hydrogen) atoms. The molecule has 5 N–H and O–H groups in total. The molecule has 2 aromatic rings. The average molecular weight is 365 g/mol. The van der Waals surface area contributed by atoms with Crippen LogP contribution >= 0.6 is 7.60 Å². The molecular formula is C17H20NO6P. The van der Waals surface area contributed by atoms with Gasteiger partial charge in [-0.25, -0.2) is 0 Å². The van der Waals surface area contributed by atoms with Crippen molar-refractivity contribution in [3.63, 3.8) is 0 Å². The van der Waals surface area contributed by atoms with E-state index in [1.54, 1.807) is 12.1 Å². The highest BCUT2D eigenvalue weighted by molar-refractivity contribution is 7.50. The minimum Gasteiger partial charge on any atom is -0.496 e. The van der Waals surface area contributed by atoms with Crippen LogP contribution in [0.3, 0.4) is 0 Å². The van der Waals surface area contributed by atoms with Crippen LogP contribution in [0.25, 0.3) is 11.1 Å². The first kappa shape index (κ1) is 19.1. The smallest absolute Gasteiger partial charge is 0.330 e. The Labute approximate surface area is 145 Å². The summed E-state index contributed by atoms with van der Waals surface area (Å²) in [5.74, 6) is -0.914. The highest BCUT2D eigenvalue weighted by Gasteiger charge is 2.23. The summed E-state index contributed by atoms with van der Waals surface area (Å²) in [7, 11) is -2.97. The highest BCUT2D eigenvalue weighted by Crippen LogP contribution is 2.44. The van der Waals surface area contributed by atoms with E-state index in [0.717, 1.165) is 5.56 Å². The van der Waals surface area contributed by atoms with Crippen LogP contribution in [0.5, 0.6) is 5.75 Å². The zero-order chi connectivity index (χ0) is 18.6. The molecule has 0 aliphatic rings. The summed E-state index contributed by atoms with van der Waals surface area (Å²) in [6, 6.07) is 11.5. The van der Waals surface area contributed by atoms with Gasteiger partial charge in [-0.1, -0.05) is 30.3 Å². The highest BCUT2D eigenvalue weighted by atomic mass is 31.2. The number of nitrogens with two attached hydrogens (primary N) is 1. The molecule has 0 saturated heterocycles. The van der Waals surface area contributed by atoms with Gasteiger partial charge >= 0.3 is 13.6 Å². The lowest BCUT2D eigenvalue weighted by Crippen LogP contribution is -2.32. The summed E-state index contributed by atoms with van der Waals surface area (Å²) in [5.41, 5.74) is 7.97. The van der Waals surface area contributed by atoms with Gasteiger partial charge in [-0.15, -0.1) is 0 Å². The number of ether oxygens (including phenoxy) is 1. The number of carbonyl (C=O) groups is 1. The Morgan fingerprint density at radius 2 is 1.76 bits per heavy atom. The van der Waals surface area contributed by atoms with Crippen molar-refractivity contribution in [2.45, 2.75) is 18.6 Å². The SMILES string of the molecule is COc1c(C[C@H](N)C(=O)O)cc(-c2ccccc2)cc1CP(=O)(O)O. The average Bonchev–Trinajstić information content (AvgIpc) is 2.53. The molecule has 0 fully saturated rings. The van der Waals surface area contributed by atoms with Crippen molar-refractivity contribution < 1.29 is 29.0 Å². The van der Waals surface area contributed by atoms with Gasteiger partial charge in [0.1, 0.15) is 11.8 Å². The molecule has 2 aromatic carbocycles. The number of rotatable bonds is 7. The maximum absolute atomic E-state index is 11.5. The van der Waals surface area contributed by atoms with Crippen molar-refractivity contribution >= 4 is 13.6 Å². The summed E-state index contributed by atoms with van der Waals surface area (Å²) in [5, 5.41) is 9.06. The normalized spacial score (nSPS) is 12.6. The first-order valence-corrected chi connectivity index (χ1v) is 9.29. The maximum Gasteiger partial charge on any atom is 0.330 e. The largest absolute Gasteiger partial charge is 0.496 e. The third kappa shape index (κ3) is 5.14. The van der Waals surface area contributed by atoms with Gasteiger partial charge in [-0.2, -0.15) is 0 Å². The molecule has 0 radical (unpaired) electrons. The second-order valence-corrected chi connectivity index (χ2v) is 7.31. The van der Waals surface area contributed by atoms with Crippen molar-refractivity contribution in [1.82, 2.24) is 0 Å². The van der Waals surface area contributed by atoms with Crippen LogP contribution in [-0.4, -0.2) is 34.0 Å². The van der Waals surface area contributed by atoms with E-state index < -0.39 is 25.8 Å². The zero-order valence-electron chi connectivity index (χ0n) is 13.6. The Hall–Kier alpha value is -2.18. The van der Waals surface area contributed by atoms with Gasteiger partial charge < -0.3 is 25.4 Å². The maximum atomic E-state index is 11.5. The first-order chi connectivity index (χ1) is 11.7. The van der Waals surface area contributed by atoms with Crippen molar-refractivity contribution in [1.29, 1.82) is 0 Å². The van der Waals surface area contributed by atoms with Crippen LogP contribution in [0, 0.1) is 0 Å². The Morgan fingerprint density at radius 1 is 1.16 bits per heavy atom. The molecule has 0 spiro atoms. The van der Waals surface area contributed by atoms with Gasteiger partial charge in [0.15, 0.2) is 0 Å². The van der Waals surface area contributed by atoms with Gasteiger partial charge in [0.05, 0.1) is 13.3 Å². The van der Waals surface area contributed by atoms with E-state index >= 15 is 0 Å². The summed E-state index contributed by atoms with van der Waals surface area (Å²) in [4.78, 5) is 29.8. The van der Waals surface area contributed by atoms with Gasteiger partial charge in [0, 0.05) is 12.0 Å². The fourth-order valence-electron chi connectivity index (χ4n) is 2.63. The molecule has 0 unspecified atom stereocenters. The number of benzene rings is 2. The van der Waals surface area contributed by atoms with Gasteiger partial charge in [0.2, 0.25) is 0 Å². The van der Waals surface area contributed by atoms with Gasteiger partial charge in [-0.3, -0.25) is 9.36 Å². The number of hydrogen-bond donors (Lipinski definition) is 4. The molecule has 2 rings (SSSR count). The third-order valence-electron chi connectivity index (χ3n) is 3.69. The van der Waals surface area contributed by atoms with E-state index in [0.29, 0.717) is 16.7 Å². The van der Waals surface area contributed by atoms with E-state index in [9.17, 15) is 19.1 Å². The van der Waals surface area contributed by atoms with E-state index in [1.165, 1.54) is 7.11 Å². The summed E-state index contributed by atoms with van der Waals surface area (Å²) in [6.45, 7) is 0. The quantitative estimate of drug-likeness (QED) is 0.552. The minimum atomic E-state index is -4.34. The first-order valence-electron chi connectivity index (χ1n) is 7.49. The predicted molar refractivity (Wildman–Crippen MR) is 93.5 cm³/mol. The standard InChI is InChI=1S/C17H20NO6P/c1-24-16-13(9-15(18)17(19)20)7-12(11-5-3-2-4-6-11)8-14(16)10-25(21,22)23/h2-8,15H,9-10,18H2,1H3,(H,19,20)(H2,21,22,23)/t15-/m0/s1. The van der Waals surface area contributed by atoms with E-state index in [1.807, 2.05) is 30.3 Å². The Bertz CT molecular complexity index is 802. The molecule has 8 heteroatoms. The van der Waals surface area contributed by atoms with E-state index in [4.69, 9.17) is 15.6 Å². The molecular weight excluding hydrogens is 345 g/mol. The predicted octanol–water partition coefficient (Wildman–Crippen LogP) is 1.99. The molecule has 0 aromatic heterocycles. The molecule has 1 atom stereocenters. The number of hydrogen-bond acceptors (Lipinski definition) is 4. The Morgan fingerprint density at radius 3 is 2.28 bits per heavy atom. The number of aliphatic carboxylic acids is 1. The van der Waals surface area contributed by atoms with Crippen LogP contribution in [-0.2, 0) is 21.9 Å². The number of carboxylic acid groups (broad SMARTS) is 1. The molecule has 0 saturated carbocycles. The molecule has 7 nitrogen and oxygen atoms in total. The Kier molecular flexibility index (Phi) is 5.98. The molecule has 0 aliphatic heterocycles. The lowest BCUT2D eigenvalue weighted by atomic mass is 9.96. The number of carboxylic acids is 1.